The SMILES string of the molecule is CNCc1ccnn1CCC1CCCO1. The number of ether oxygens (including phenoxy) is 1. The van der Waals surface area contributed by atoms with Gasteiger partial charge in [0, 0.05) is 25.9 Å². The second-order valence-electron chi connectivity index (χ2n) is 4.00. The zero-order valence-electron chi connectivity index (χ0n) is 9.28. The van der Waals surface area contributed by atoms with Gasteiger partial charge in [-0.2, -0.15) is 5.10 Å². The topological polar surface area (TPSA) is 39.1 Å². The van der Waals surface area contributed by atoms with Gasteiger partial charge in [0.25, 0.3) is 0 Å². The quantitative estimate of drug-likeness (QED) is 0.791. The van der Waals surface area contributed by atoms with E-state index in [4.69, 9.17) is 4.74 Å². The van der Waals surface area contributed by atoms with Crippen LogP contribution in [-0.2, 0) is 17.8 Å². The lowest BCUT2D eigenvalue weighted by atomic mass is 10.2. The molecule has 1 fully saturated rings. The van der Waals surface area contributed by atoms with Crippen LogP contribution in [0.1, 0.15) is 25.0 Å². The molecule has 15 heavy (non-hydrogen) atoms. The van der Waals surface area contributed by atoms with Crippen LogP contribution in [0.5, 0.6) is 0 Å². The minimum atomic E-state index is 0.455. The third-order valence-corrected chi connectivity index (χ3v) is 2.85. The standard InChI is InChI=1S/C11H19N3O/c1-12-9-10-4-6-13-14(10)7-5-11-3-2-8-15-11/h4,6,11-12H,2-3,5,7-9H2,1H3. The molecular formula is C11H19N3O. The molecule has 0 aromatic carbocycles. The predicted molar refractivity (Wildman–Crippen MR) is 58.6 cm³/mol. The molecule has 4 heteroatoms. The number of aromatic nitrogens is 2. The van der Waals surface area contributed by atoms with Crippen molar-refractivity contribution in [3.05, 3.63) is 18.0 Å². The molecule has 1 atom stereocenters. The van der Waals surface area contributed by atoms with Crippen LogP contribution in [0.3, 0.4) is 0 Å². The van der Waals surface area contributed by atoms with Crippen LogP contribution in [-0.4, -0.2) is 29.5 Å². The summed E-state index contributed by atoms with van der Waals surface area (Å²) in [6.07, 6.45) is 5.83. The van der Waals surface area contributed by atoms with E-state index in [1.807, 2.05) is 13.2 Å². The Kier molecular flexibility index (Phi) is 3.75. The molecule has 84 valence electrons. The molecule has 0 radical (unpaired) electrons. The summed E-state index contributed by atoms with van der Waals surface area (Å²) in [5, 5.41) is 7.46. The molecule has 4 nitrogen and oxygen atoms in total. The Morgan fingerprint density at radius 3 is 3.33 bits per heavy atom. The van der Waals surface area contributed by atoms with E-state index in [0.29, 0.717) is 6.10 Å². The maximum absolute atomic E-state index is 5.59. The van der Waals surface area contributed by atoms with Crippen molar-refractivity contribution in [1.82, 2.24) is 15.1 Å². The molecule has 2 rings (SSSR count). The van der Waals surface area contributed by atoms with Crippen LogP contribution in [0.25, 0.3) is 0 Å². The number of nitrogens with zero attached hydrogens (tertiary/aromatic N) is 2. The number of rotatable bonds is 5. The van der Waals surface area contributed by atoms with E-state index in [0.717, 1.165) is 26.1 Å². The first-order chi connectivity index (χ1) is 7.40. The minimum Gasteiger partial charge on any atom is -0.378 e. The molecule has 1 aliphatic rings. The Hall–Kier alpha value is -0.870. The van der Waals surface area contributed by atoms with Crippen molar-refractivity contribution in [3.8, 4) is 0 Å². The first kappa shape index (κ1) is 10.6. The van der Waals surface area contributed by atoms with E-state index in [-0.39, 0.29) is 0 Å². The molecule has 0 saturated carbocycles. The van der Waals surface area contributed by atoms with Gasteiger partial charge < -0.3 is 10.1 Å². The van der Waals surface area contributed by atoms with Crippen molar-refractivity contribution in [2.45, 2.75) is 38.5 Å². The van der Waals surface area contributed by atoms with Crippen LogP contribution in [0.4, 0.5) is 0 Å². The molecular weight excluding hydrogens is 190 g/mol. The minimum absolute atomic E-state index is 0.455. The largest absolute Gasteiger partial charge is 0.378 e. The zero-order valence-corrected chi connectivity index (χ0v) is 9.28. The zero-order chi connectivity index (χ0) is 10.5. The monoisotopic (exact) mass is 209 g/mol. The Morgan fingerprint density at radius 1 is 1.67 bits per heavy atom. The summed E-state index contributed by atoms with van der Waals surface area (Å²) >= 11 is 0. The van der Waals surface area contributed by atoms with Gasteiger partial charge in [0.05, 0.1) is 11.8 Å². The third kappa shape index (κ3) is 2.79. The van der Waals surface area contributed by atoms with Gasteiger partial charge in [-0.1, -0.05) is 0 Å². The Bertz CT molecular complexity index is 292. The molecule has 0 amide bonds. The van der Waals surface area contributed by atoms with Crippen LogP contribution in [0, 0.1) is 0 Å². The molecule has 0 bridgehead atoms. The second-order valence-corrected chi connectivity index (χ2v) is 4.00. The Labute approximate surface area is 90.6 Å². The highest BCUT2D eigenvalue weighted by Gasteiger charge is 2.15. The average Bonchev–Trinajstić information content (AvgIpc) is 2.85. The number of hydrogen-bond acceptors (Lipinski definition) is 3. The molecule has 1 aliphatic heterocycles. The fourth-order valence-corrected chi connectivity index (χ4v) is 2.03. The highest BCUT2D eigenvalue weighted by atomic mass is 16.5. The van der Waals surface area contributed by atoms with Gasteiger partial charge in [-0.3, -0.25) is 4.68 Å². The maximum Gasteiger partial charge on any atom is 0.0593 e. The fraction of sp³-hybridized carbons (Fsp3) is 0.727. The van der Waals surface area contributed by atoms with Crippen molar-refractivity contribution < 1.29 is 4.74 Å². The molecule has 1 aromatic heterocycles. The van der Waals surface area contributed by atoms with Crippen molar-refractivity contribution in [2.24, 2.45) is 0 Å². The van der Waals surface area contributed by atoms with Gasteiger partial charge in [0.2, 0.25) is 0 Å². The van der Waals surface area contributed by atoms with Crippen molar-refractivity contribution in [2.75, 3.05) is 13.7 Å². The lowest BCUT2D eigenvalue weighted by Crippen LogP contribution is -2.15. The third-order valence-electron chi connectivity index (χ3n) is 2.85. The van der Waals surface area contributed by atoms with E-state index in [2.05, 4.69) is 21.2 Å². The van der Waals surface area contributed by atoms with Gasteiger partial charge in [0.15, 0.2) is 0 Å². The molecule has 1 unspecified atom stereocenters. The van der Waals surface area contributed by atoms with Crippen LogP contribution < -0.4 is 5.32 Å². The predicted octanol–water partition coefficient (Wildman–Crippen LogP) is 1.17. The number of aryl methyl sites for hydroxylation is 1. The number of hydrogen-bond donors (Lipinski definition) is 1. The highest BCUT2D eigenvalue weighted by Crippen LogP contribution is 2.16. The average molecular weight is 209 g/mol. The highest BCUT2D eigenvalue weighted by molar-refractivity contribution is 4.99. The van der Waals surface area contributed by atoms with Crippen LogP contribution >= 0.6 is 0 Å². The summed E-state index contributed by atoms with van der Waals surface area (Å²) in [7, 11) is 1.96. The summed E-state index contributed by atoms with van der Waals surface area (Å²) in [6.45, 7) is 2.79. The van der Waals surface area contributed by atoms with E-state index in [9.17, 15) is 0 Å². The van der Waals surface area contributed by atoms with E-state index >= 15 is 0 Å². The van der Waals surface area contributed by atoms with Crippen LogP contribution in [0.2, 0.25) is 0 Å². The van der Waals surface area contributed by atoms with Crippen molar-refractivity contribution in [3.63, 3.8) is 0 Å². The molecule has 1 aromatic rings. The van der Waals surface area contributed by atoms with Gasteiger partial charge in [-0.25, -0.2) is 0 Å². The first-order valence-electron chi connectivity index (χ1n) is 5.67. The lowest BCUT2D eigenvalue weighted by Gasteiger charge is -2.11. The van der Waals surface area contributed by atoms with E-state index in [1.54, 1.807) is 0 Å². The van der Waals surface area contributed by atoms with Gasteiger partial charge in [-0.05, 0) is 32.4 Å². The first-order valence-corrected chi connectivity index (χ1v) is 5.67. The van der Waals surface area contributed by atoms with Gasteiger partial charge >= 0.3 is 0 Å². The lowest BCUT2D eigenvalue weighted by molar-refractivity contribution is 0.0992. The summed E-state index contributed by atoms with van der Waals surface area (Å²) in [5.74, 6) is 0. The van der Waals surface area contributed by atoms with Crippen molar-refractivity contribution in [1.29, 1.82) is 0 Å². The Morgan fingerprint density at radius 2 is 2.60 bits per heavy atom. The second kappa shape index (κ2) is 5.28. The van der Waals surface area contributed by atoms with Crippen molar-refractivity contribution >= 4 is 0 Å². The summed E-state index contributed by atoms with van der Waals surface area (Å²) in [6, 6.07) is 2.06. The number of nitrogens with one attached hydrogen (secondary N) is 1. The normalized spacial score (nSPS) is 21.0. The smallest absolute Gasteiger partial charge is 0.0593 e. The molecule has 1 saturated heterocycles. The van der Waals surface area contributed by atoms with E-state index in [1.165, 1.54) is 18.5 Å². The molecule has 1 N–H and O–H groups in total. The summed E-state index contributed by atoms with van der Waals surface area (Å²) in [5.41, 5.74) is 1.25. The summed E-state index contributed by atoms with van der Waals surface area (Å²) in [4.78, 5) is 0. The molecule has 0 aliphatic carbocycles. The van der Waals surface area contributed by atoms with Crippen LogP contribution in [0.15, 0.2) is 12.3 Å². The molecule has 0 spiro atoms. The Balaban J connectivity index is 1.83. The maximum atomic E-state index is 5.59. The summed E-state index contributed by atoms with van der Waals surface area (Å²) < 4.78 is 7.66. The fourth-order valence-electron chi connectivity index (χ4n) is 2.03. The van der Waals surface area contributed by atoms with E-state index < -0.39 is 0 Å². The van der Waals surface area contributed by atoms with Gasteiger partial charge in [0.1, 0.15) is 0 Å². The van der Waals surface area contributed by atoms with Gasteiger partial charge in [-0.15, -0.1) is 0 Å². The molecule has 2 heterocycles.